The highest BCUT2D eigenvalue weighted by molar-refractivity contribution is 5.44. The fourth-order valence-electron chi connectivity index (χ4n) is 4.56. The molecule has 2 bridgehead atoms. The molecular weight excluding hydrogens is 236 g/mol. The fourth-order valence-corrected chi connectivity index (χ4v) is 4.56. The zero-order valence-electron chi connectivity index (χ0n) is 11.3. The Morgan fingerprint density at radius 3 is 2.95 bits per heavy atom. The van der Waals surface area contributed by atoms with E-state index in [4.69, 9.17) is 4.74 Å². The number of hydrogen-bond acceptors (Lipinski definition) is 2. The molecule has 2 saturated carbocycles. The molecule has 102 valence electrons. The van der Waals surface area contributed by atoms with Crippen molar-refractivity contribution in [1.82, 2.24) is 0 Å². The van der Waals surface area contributed by atoms with Crippen LogP contribution in [-0.4, -0.2) is 11.7 Å². The predicted molar refractivity (Wildman–Crippen MR) is 74.2 cm³/mol. The number of aliphatic hydroxyl groups excluding tert-OH is 1. The largest absolute Gasteiger partial charge is 0.493 e. The van der Waals surface area contributed by atoms with Crippen LogP contribution in [0.2, 0.25) is 0 Å². The predicted octanol–water partition coefficient (Wildman–Crippen LogP) is 3.48. The van der Waals surface area contributed by atoms with Gasteiger partial charge >= 0.3 is 0 Å². The van der Waals surface area contributed by atoms with Crippen molar-refractivity contribution < 1.29 is 9.84 Å². The molecule has 0 radical (unpaired) electrons. The minimum atomic E-state index is -0.316. The second kappa shape index (κ2) is 4.52. The molecule has 0 spiro atoms. The van der Waals surface area contributed by atoms with Crippen LogP contribution in [0.5, 0.6) is 5.75 Å². The summed E-state index contributed by atoms with van der Waals surface area (Å²) in [5.41, 5.74) is 2.33. The Morgan fingerprint density at radius 1 is 1.21 bits per heavy atom. The smallest absolute Gasteiger partial charge is 0.128 e. The lowest BCUT2D eigenvalue weighted by Crippen LogP contribution is -2.21. The van der Waals surface area contributed by atoms with E-state index in [1.807, 2.05) is 0 Å². The first-order valence-corrected chi connectivity index (χ1v) is 7.75. The van der Waals surface area contributed by atoms with Crippen LogP contribution in [-0.2, 0) is 6.42 Å². The zero-order chi connectivity index (χ0) is 12.8. The van der Waals surface area contributed by atoms with Crippen LogP contribution in [0.3, 0.4) is 0 Å². The van der Waals surface area contributed by atoms with Gasteiger partial charge in [-0.15, -0.1) is 0 Å². The summed E-state index contributed by atoms with van der Waals surface area (Å²) in [5.74, 6) is 3.09. The highest BCUT2D eigenvalue weighted by atomic mass is 16.5. The molecule has 3 aliphatic rings. The van der Waals surface area contributed by atoms with E-state index in [9.17, 15) is 5.11 Å². The quantitative estimate of drug-likeness (QED) is 0.880. The number of aryl methyl sites for hydroxylation is 1. The molecule has 2 heteroatoms. The van der Waals surface area contributed by atoms with Crippen LogP contribution in [0.25, 0.3) is 0 Å². The molecule has 0 amide bonds. The Morgan fingerprint density at radius 2 is 2.16 bits per heavy atom. The van der Waals surface area contributed by atoms with E-state index in [0.29, 0.717) is 5.92 Å². The Labute approximate surface area is 114 Å². The SMILES string of the molecule is OC(c1cccc2c1OCCC2)C1CC2CCC1C2. The standard InChI is InChI=1S/C17H22O2/c18-16(15-10-11-6-7-13(15)9-11)14-5-1-3-12-4-2-8-19-17(12)14/h1,3,5,11,13,15-16,18H,2,4,6-10H2. The molecule has 4 unspecified atom stereocenters. The summed E-state index contributed by atoms with van der Waals surface area (Å²) in [7, 11) is 0. The number of rotatable bonds is 2. The maximum absolute atomic E-state index is 10.8. The van der Waals surface area contributed by atoms with E-state index in [0.717, 1.165) is 42.6 Å². The minimum Gasteiger partial charge on any atom is -0.493 e. The number of ether oxygens (including phenoxy) is 1. The van der Waals surface area contributed by atoms with E-state index < -0.39 is 0 Å². The van der Waals surface area contributed by atoms with Gasteiger partial charge in [0.25, 0.3) is 0 Å². The van der Waals surface area contributed by atoms with Crippen LogP contribution < -0.4 is 4.74 Å². The van der Waals surface area contributed by atoms with E-state index >= 15 is 0 Å². The lowest BCUT2D eigenvalue weighted by atomic mass is 9.81. The number of fused-ring (bicyclic) bond motifs is 3. The zero-order valence-corrected chi connectivity index (χ0v) is 11.3. The molecule has 2 nitrogen and oxygen atoms in total. The van der Waals surface area contributed by atoms with Crippen LogP contribution in [0, 0.1) is 17.8 Å². The summed E-state index contributed by atoms with van der Waals surface area (Å²) in [6.07, 6.45) is 7.14. The number of aliphatic hydroxyl groups is 1. The molecule has 1 aromatic carbocycles. The van der Waals surface area contributed by atoms with Gasteiger partial charge < -0.3 is 9.84 Å². The van der Waals surface area contributed by atoms with Gasteiger partial charge in [-0.2, -0.15) is 0 Å². The minimum absolute atomic E-state index is 0.316. The summed E-state index contributed by atoms with van der Waals surface area (Å²) in [4.78, 5) is 0. The first kappa shape index (κ1) is 11.8. The normalized spacial score (nSPS) is 33.8. The second-order valence-corrected chi connectivity index (χ2v) is 6.57. The highest BCUT2D eigenvalue weighted by Crippen LogP contribution is 2.53. The van der Waals surface area contributed by atoms with Crippen molar-refractivity contribution >= 4 is 0 Å². The molecule has 0 aromatic heterocycles. The Hall–Kier alpha value is -1.02. The third-order valence-corrected chi connectivity index (χ3v) is 5.48. The van der Waals surface area contributed by atoms with Crippen molar-refractivity contribution in [2.75, 3.05) is 6.61 Å². The van der Waals surface area contributed by atoms with Crippen molar-refractivity contribution in [2.45, 2.75) is 44.6 Å². The van der Waals surface area contributed by atoms with Gasteiger partial charge in [0.05, 0.1) is 12.7 Å². The molecule has 4 atom stereocenters. The molecule has 1 N–H and O–H groups in total. The first-order valence-electron chi connectivity index (χ1n) is 7.75. The van der Waals surface area contributed by atoms with Crippen LogP contribution in [0.15, 0.2) is 18.2 Å². The maximum atomic E-state index is 10.8. The Bertz CT molecular complexity index is 482. The van der Waals surface area contributed by atoms with Crippen molar-refractivity contribution in [3.63, 3.8) is 0 Å². The lowest BCUT2D eigenvalue weighted by molar-refractivity contribution is 0.0710. The Balaban J connectivity index is 1.65. The number of benzene rings is 1. The van der Waals surface area contributed by atoms with Gasteiger partial charge in [0.2, 0.25) is 0 Å². The number of hydrogen-bond donors (Lipinski definition) is 1. The van der Waals surface area contributed by atoms with Crippen molar-refractivity contribution in [1.29, 1.82) is 0 Å². The third kappa shape index (κ3) is 1.88. The lowest BCUT2D eigenvalue weighted by Gasteiger charge is -2.30. The molecule has 1 aromatic rings. The first-order chi connectivity index (χ1) is 9.33. The molecule has 2 aliphatic carbocycles. The van der Waals surface area contributed by atoms with Crippen LogP contribution in [0.4, 0.5) is 0 Å². The second-order valence-electron chi connectivity index (χ2n) is 6.57. The van der Waals surface area contributed by atoms with Gasteiger partial charge in [-0.3, -0.25) is 0 Å². The van der Waals surface area contributed by atoms with Gasteiger partial charge in [0.15, 0.2) is 0 Å². The topological polar surface area (TPSA) is 29.5 Å². The van der Waals surface area contributed by atoms with E-state index in [-0.39, 0.29) is 6.10 Å². The molecule has 1 aliphatic heterocycles. The maximum Gasteiger partial charge on any atom is 0.128 e. The van der Waals surface area contributed by atoms with Crippen molar-refractivity contribution in [3.05, 3.63) is 29.3 Å². The summed E-state index contributed by atoms with van der Waals surface area (Å²) in [6.45, 7) is 0.799. The molecule has 4 rings (SSSR count). The summed E-state index contributed by atoms with van der Waals surface area (Å²) in [6, 6.07) is 6.30. The van der Waals surface area contributed by atoms with Crippen molar-refractivity contribution in [2.24, 2.45) is 17.8 Å². The fraction of sp³-hybridized carbons (Fsp3) is 0.647. The van der Waals surface area contributed by atoms with Crippen molar-refractivity contribution in [3.8, 4) is 5.75 Å². The van der Waals surface area contributed by atoms with Crippen LogP contribution >= 0.6 is 0 Å². The average molecular weight is 258 g/mol. The highest BCUT2D eigenvalue weighted by Gasteiger charge is 2.43. The van der Waals surface area contributed by atoms with Gasteiger partial charge in [0.1, 0.15) is 5.75 Å². The van der Waals surface area contributed by atoms with Gasteiger partial charge in [0, 0.05) is 5.56 Å². The Kier molecular flexibility index (Phi) is 2.80. The van der Waals surface area contributed by atoms with E-state index in [2.05, 4.69) is 18.2 Å². The van der Waals surface area contributed by atoms with E-state index in [1.54, 1.807) is 0 Å². The molecule has 19 heavy (non-hydrogen) atoms. The monoisotopic (exact) mass is 258 g/mol. The molecule has 2 fully saturated rings. The summed E-state index contributed by atoms with van der Waals surface area (Å²) in [5, 5.41) is 10.8. The van der Waals surface area contributed by atoms with E-state index in [1.165, 1.54) is 31.2 Å². The third-order valence-electron chi connectivity index (χ3n) is 5.48. The molecule has 0 saturated heterocycles. The molecule has 1 heterocycles. The van der Waals surface area contributed by atoms with Crippen LogP contribution in [0.1, 0.15) is 49.3 Å². The van der Waals surface area contributed by atoms with Gasteiger partial charge in [-0.25, -0.2) is 0 Å². The molecular formula is C17H22O2. The summed E-state index contributed by atoms with van der Waals surface area (Å²) < 4.78 is 5.86. The summed E-state index contributed by atoms with van der Waals surface area (Å²) >= 11 is 0. The van der Waals surface area contributed by atoms with Gasteiger partial charge in [-0.05, 0) is 55.4 Å². The average Bonchev–Trinajstić information content (AvgIpc) is 3.08. The van der Waals surface area contributed by atoms with Gasteiger partial charge in [-0.1, -0.05) is 24.6 Å². The number of para-hydroxylation sites is 1.